The minimum atomic E-state index is -0.355. The van der Waals surface area contributed by atoms with Crippen molar-refractivity contribution in [3.05, 3.63) is 18.2 Å². The molecule has 0 bridgehead atoms. The average molecular weight is 265 g/mol. The number of aliphatic hydroxyl groups is 1. The summed E-state index contributed by atoms with van der Waals surface area (Å²) in [5.41, 5.74) is -0.0936. The van der Waals surface area contributed by atoms with Crippen molar-refractivity contribution in [2.75, 3.05) is 14.1 Å². The Bertz CT molecular complexity index is 415. The summed E-state index contributed by atoms with van der Waals surface area (Å²) < 4.78 is 2.00. The van der Waals surface area contributed by atoms with Gasteiger partial charge in [0.05, 0.1) is 6.10 Å². The predicted molar refractivity (Wildman–Crippen MR) is 77.0 cm³/mol. The maximum atomic E-state index is 10.8. The molecule has 3 atom stereocenters. The van der Waals surface area contributed by atoms with E-state index < -0.39 is 0 Å². The van der Waals surface area contributed by atoms with Crippen molar-refractivity contribution in [1.82, 2.24) is 14.5 Å². The maximum absolute atomic E-state index is 10.8. The van der Waals surface area contributed by atoms with Crippen LogP contribution in [0.1, 0.15) is 38.4 Å². The lowest BCUT2D eigenvalue weighted by molar-refractivity contribution is -0.0435. The Morgan fingerprint density at radius 1 is 1.58 bits per heavy atom. The van der Waals surface area contributed by atoms with E-state index in [4.69, 9.17) is 0 Å². The molecule has 1 saturated carbocycles. The molecule has 3 unspecified atom stereocenters. The normalized spacial score (nSPS) is 29.7. The van der Waals surface area contributed by atoms with Crippen LogP contribution in [0.15, 0.2) is 12.4 Å². The molecule has 19 heavy (non-hydrogen) atoms. The molecule has 0 radical (unpaired) electrons. The third kappa shape index (κ3) is 2.84. The van der Waals surface area contributed by atoms with E-state index in [2.05, 4.69) is 30.9 Å². The van der Waals surface area contributed by atoms with Crippen molar-refractivity contribution >= 4 is 0 Å². The lowest BCUT2D eigenvalue weighted by atomic mass is 9.71. The summed E-state index contributed by atoms with van der Waals surface area (Å²) in [7, 11) is 6.18. The van der Waals surface area contributed by atoms with Crippen LogP contribution in [0.4, 0.5) is 0 Å². The largest absolute Gasteiger partial charge is 0.391 e. The Hall–Kier alpha value is -0.870. The van der Waals surface area contributed by atoms with Gasteiger partial charge in [-0.05, 0) is 32.9 Å². The highest BCUT2D eigenvalue weighted by Gasteiger charge is 2.43. The molecule has 1 N–H and O–H groups in total. The second kappa shape index (κ2) is 5.63. The number of rotatable bonds is 4. The first-order valence-electron chi connectivity index (χ1n) is 7.27. The zero-order valence-corrected chi connectivity index (χ0v) is 12.6. The Labute approximate surface area is 116 Å². The molecule has 0 spiro atoms. The van der Waals surface area contributed by atoms with Crippen molar-refractivity contribution in [2.45, 2.75) is 50.7 Å². The molecule has 1 aromatic rings. The number of aryl methyl sites for hydroxylation is 1. The SMILES string of the molecule is CC1CCCC(C(O)Cc2nccn2C)(N(C)C)C1. The summed E-state index contributed by atoms with van der Waals surface area (Å²) >= 11 is 0. The van der Waals surface area contributed by atoms with E-state index in [-0.39, 0.29) is 11.6 Å². The predicted octanol–water partition coefficient (Wildman–Crippen LogP) is 1.83. The van der Waals surface area contributed by atoms with E-state index >= 15 is 0 Å². The lowest BCUT2D eigenvalue weighted by Crippen LogP contribution is -2.56. The zero-order chi connectivity index (χ0) is 14.0. The monoisotopic (exact) mass is 265 g/mol. The Morgan fingerprint density at radius 3 is 2.84 bits per heavy atom. The highest BCUT2D eigenvalue weighted by molar-refractivity contribution is 5.03. The summed E-state index contributed by atoms with van der Waals surface area (Å²) in [5, 5.41) is 10.8. The van der Waals surface area contributed by atoms with Gasteiger partial charge in [-0.25, -0.2) is 4.98 Å². The summed E-state index contributed by atoms with van der Waals surface area (Å²) in [6.07, 6.45) is 8.66. The molecule has 108 valence electrons. The lowest BCUT2D eigenvalue weighted by Gasteiger charge is -2.48. The van der Waals surface area contributed by atoms with E-state index in [1.165, 1.54) is 12.8 Å². The number of nitrogens with zero attached hydrogens (tertiary/aromatic N) is 3. The second-order valence-electron chi connectivity index (χ2n) is 6.37. The van der Waals surface area contributed by atoms with Gasteiger partial charge in [0.2, 0.25) is 0 Å². The minimum Gasteiger partial charge on any atom is -0.391 e. The van der Waals surface area contributed by atoms with Crippen LogP contribution in [-0.2, 0) is 13.5 Å². The molecule has 0 aromatic carbocycles. The molecule has 1 aliphatic rings. The number of hydrogen-bond acceptors (Lipinski definition) is 3. The van der Waals surface area contributed by atoms with Crippen LogP contribution in [0.2, 0.25) is 0 Å². The fourth-order valence-corrected chi connectivity index (χ4v) is 3.53. The average Bonchev–Trinajstić information content (AvgIpc) is 2.74. The van der Waals surface area contributed by atoms with Gasteiger partial charge in [0.25, 0.3) is 0 Å². The van der Waals surface area contributed by atoms with Gasteiger partial charge in [-0.3, -0.25) is 0 Å². The number of imidazole rings is 1. The van der Waals surface area contributed by atoms with Gasteiger partial charge in [0, 0.05) is 31.4 Å². The van der Waals surface area contributed by atoms with Crippen molar-refractivity contribution in [2.24, 2.45) is 13.0 Å². The second-order valence-corrected chi connectivity index (χ2v) is 6.37. The first kappa shape index (κ1) is 14.5. The van der Waals surface area contributed by atoms with Crippen LogP contribution in [0.5, 0.6) is 0 Å². The van der Waals surface area contributed by atoms with Crippen molar-refractivity contribution in [3.8, 4) is 0 Å². The zero-order valence-electron chi connectivity index (χ0n) is 12.6. The van der Waals surface area contributed by atoms with Crippen LogP contribution in [0.3, 0.4) is 0 Å². The van der Waals surface area contributed by atoms with Gasteiger partial charge >= 0.3 is 0 Å². The fraction of sp³-hybridized carbons (Fsp3) is 0.800. The summed E-state index contributed by atoms with van der Waals surface area (Å²) in [6, 6.07) is 0. The third-order valence-electron chi connectivity index (χ3n) is 4.82. The van der Waals surface area contributed by atoms with Gasteiger partial charge in [0.1, 0.15) is 5.82 Å². The van der Waals surface area contributed by atoms with Gasteiger partial charge in [-0.2, -0.15) is 0 Å². The highest BCUT2D eigenvalue weighted by Crippen LogP contribution is 2.38. The Kier molecular flexibility index (Phi) is 4.31. The molecule has 1 fully saturated rings. The standard InChI is InChI=1S/C15H27N3O/c1-12-6-5-7-15(11-12,17(2)3)13(19)10-14-16-8-9-18(14)4/h8-9,12-13,19H,5-7,10-11H2,1-4H3. The number of likely N-dealkylation sites (N-methyl/N-ethyl adjacent to an activating group) is 1. The van der Waals surface area contributed by atoms with Crippen LogP contribution in [-0.4, -0.2) is 45.3 Å². The quantitative estimate of drug-likeness (QED) is 0.903. The Morgan fingerprint density at radius 2 is 2.32 bits per heavy atom. The molecule has 0 aliphatic heterocycles. The van der Waals surface area contributed by atoms with Gasteiger partial charge in [-0.15, -0.1) is 0 Å². The summed E-state index contributed by atoms with van der Waals surface area (Å²) in [5.74, 6) is 1.65. The number of aliphatic hydroxyl groups excluding tert-OH is 1. The first-order chi connectivity index (χ1) is 8.95. The van der Waals surface area contributed by atoms with Crippen LogP contribution >= 0.6 is 0 Å². The van der Waals surface area contributed by atoms with E-state index in [1.54, 1.807) is 6.20 Å². The van der Waals surface area contributed by atoms with Gasteiger partial charge in [-0.1, -0.05) is 19.8 Å². The molecule has 0 amide bonds. The highest BCUT2D eigenvalue weighted by atomic mass is 16.3. The van der Waals surface area contributed by atoms with E-state index in [0.29, 0.717) is 12.3 Å². The molecule has 2 rings (SSSR count). The van der Waals surface area contributed by atoms with Crippen LogP contribution < -0.4 is 0 Å². The fourth-order valence-electron chi connectivity index (χ4n) is 3.53. The van der Waals surface area contributed by atoms with E-state index in [1.807, 2.05) is 17.8 Å². The number of aromatic nitrogens is 2. The molecule has 1 heterocycles. The van der Waals surface area contributed by atoms with Crippen molar-refractivity contribution in [1.29, 1.82) is 0 Å². The maximum Gasteiger partial charge on any atom is 0.111 e. The smallest absolute Gasteiger partial charge is 0.111 e. The molecule has 4 nitrogen and oxygen atoms in total. The molecule has 1 aromatic heterocycles. The van der Waals surface area contributed by atoms with Crippen molar-refractivity contribution < 1.29 is 5.11 Å². The van der Waals surface area contributed by atoms with Crippen LogP contribution in [0.25, 0.3) is 0 Å². The number of hydrogen-bond donors (Lipinski definition) is 1. The van der Waals surface area contributed by atoms with E-state index in [9.17, 15) is 5.11 Å². The summed E-state index contributed by atoms with van der Waals surface area (Å²) in [4.78, 5) is 6.58. The van der Waals surface area contributed by atoms with Crippen molar-refractivity contribution in [3.63, 3.8) is 0 Å². The first-order valence-corrected chi connectivity index (χ1v) is 7.27. The molecule has 1 aliphatic carbocycles. The van der Waals surface area contributed by atoms with Crippen LogP contribution in [0, 0.1) is 5.92 Å². The molecular weight excluding hydrogens is 238 g/mol. The summed E-state index contributed by atoms with van der Waals surface area (Å²) in [6.45, 7) is 2.30. The van der Waals surface area contributed by atoms with Gasteiger partial charge < -0.3 is 14.6 Å². The molecule has 0 saturated heterocycles. The minimum absolute atomic E-state index is 0.0936. The third-order valence-corrected chi connectivity index (χ3v) is 4.82. The topological polar surface area (TPSA) is 41.3 Å². The Balaban J connectivity index is 2.17. The molecule has 4 heteroatoms. The van der Waals surface area contributed by atoms with E-state index in [0.717, 1.165) is 18.7 Å². The molecular formula is C15H27N3O. The van der Waals surface area contributed by atoms with Gasteiger partial charge in [0.15, 0.2) is 0 Å².